The summed E-state index contributed by atoms with van der Waals surface area (Å²) >= 11 is 1.84. The van der Waals surface area contributed by atoms with Crippen LogP contribution in [0.4, 0.5) is 4.39 Å². The first-order valence-electron chi connectivity index (χ1n) is 13.0. The second-order valence-corrected chi connectivity index (χ2v) is 9.95. The standard InChI is InChI=1S/C33H31FN2O4S/c1-5-8-9-20-41-27-17-13-24(14-18-27)10-11-25-12-15-26(28(34)21-25)16-19-31-35-29(22-39-32(37)6-2)30(36(31)4)23-40-33(38)7-3/h6-7,12-15,17-18,21H,2-3,5,8-9,20,22-23H2,1,4H3. The van der Waals surface area contributed by atoms with Gasteiger partial charge in [0.05, 0.1) is 11.3 Å². The molecule has 41 heavy (non-hydrogen) atoms. The van der Waals surface area contributed by atoms with Crippen LogP contribution >= 0.6 is 11.8 Å². The molecule has 3 aromatic rings. The molecule has 6 nitrogen and oxygen atoms in total. The Hall–Kier alpha value is -4.53. The monoisotopic (exact) mass is 570 g/mol. The summed E-state index contributed by atoms with van der Waals surface area (Å²) in [5, 5.41) is 0. The van der Waals surface area contributed by atoms with Crippen molar-refractivity contribution in [2.75, 3.05) is 5.75 Å². The van der Waals surface area contributed by atoms with Crippen molar-refractivity contribution in [1.82, 2.24) is 9.55 Å². The highest BCUT2D eigenvalue weighted by Crippen LogP contribution is 2.20. The van der Waals surface area contributed by atoms with Gasteiger partial charge in [0.2, 0.25) is 0 Å². The van der Waals surface area contributed by atoms with Gasteiger partial charge in [0.1, 0.15) is 24.7 Å². The predicted octanol–water partition coefficient (Wildman–Crippen LogP) is 6.10. The Bertz CT molecular complexity index is 1540. The fraction of sp³-hybridized carbons (Fsp3) is 0.242. The lowest BCUT2D eigenvalue weighted by molar-refractivity contribution is -0.140. The number of thioether (sulfide) groups is 1. The van der Waals surface area contributed by atoms with Crippen LogP contribution in [0.15, 0.2) is 72.7 Å². The number of hydrogen-bond donors (Lipinski definition) is 0. The lowest BCUT2D eigenvalue weighted by atomic mass is 10.1. The number of carbonyl (C=O) groups excluding carboxylic acids is 2. The predicted molar refractivity (Wildman–Crippen MR) is 158 cm³/mol. The number of carbonyl (C=O) groups is 2. The quantitative estimate of drug-likeness (QED) is 0.0913. The van der Waals surface area contributed by atoms with E-state index in [0.29, 0.717) is 17.0 Å². The molecule has 0 spiro atoms. The number of imidazole rings is 1. The second kappa shape index (κ2) is 15.9. The number of ether oxygens (including phenoxy) is 2. The molecule has 3 rings (SSSR count). The number of rotatable bonds is 11. The van der Waals surface area contributed by atoms with E-state index in [4.69, 9.17) is 9.47 Å². The topological polar surface area (TPSA) is 70.4 Å². The van der Waals surface area contributed by atoms with Gasteiger partial charge < -0.3 is 14.0 Å². The van der Waals surface area contributed by atoms with Crippen molar-refractivity contribution < 1.29 is 23.5 Å². The van der Waals surface area contributed by atoms with E-state index >= 15 is 0 Å². The molecular weight excluding hydrogens is 539 g/mol. The van der Waals surface area contributed by atoms with Crippen molar-refractivity contribution in [3.8, 4) is 23.7 Å². The zero-order valence-electron chi connectivity index (χ0n) is 23.2. The molecule has 0 saturated carbocycles. The molecule has 8 heteroatoms. The molecule has 0 bridgehead atoms. The number of aromatic nitrogens is 2. The van der Waals surface area contributed by atoms with E-state index in [2.05, 4.69) is 60.9 Å². The van der Waals surface area contributed by atoms with Gasteiger partial charge in [-0.1, -0.05) is 50.7 Å². The Kier molecular flexibility index (Phi) is 12.0. The second-order valence-electron chi connectivity index (χ2n) is 8.79. The first-order chi connectivity index (χ1) is 19.8. The van der Waals surface area contributed by atoms with Crippen molar-refractivity contribution in [3.05, 3.63) is 107 Å². The van der Waals surface area contributed by atoms with Crippen LogP contribution in [-0.2, 0) is 39.3 Å². The summed E-state index contributed by atoms with van der Waals surface area (Å²) in [6.45, 7) is 8.61. The minimum Gasteiger partial charge on any atom is -0.456 e. The largest absolute Gasteiger partial charge is 0.456 e. The highest BCUT2D eigenvalue weighted by atomic mass is 32.2. The number of nitrogens with zero attached hydrogens (tertiary/aromatic N) is 2. The lowest BCUT2D eigenvalue weighted by Gasteiger charge is -2.06. The number of esters is 2. The highest BCUT2D eigenvalue weighted by molar-refractivity contribution is 7.99. The third-order valence-corrected chi connectivity index (χ3v) is 6.93. The molecule has 0 N–H and O–H groups in total. The van der Waals surface area contributed by atoms with E-state index in [0.717, 1.165) is 23.5 Å². The fourth-order valence-corrected chi connectivity index (χ4v) is 4.44. The molecule has 0 aliphatic heterocycles. The summed E-state index contributed by atoms with van der Waals surface area (Å²) in [6.07, 6.45) is 5.73. The normalized spacial score (nSPS) is 10.0. The zero-order chi connectivity index (χ0) is 29.6. The number of hydrogen-bond acceptors (Lipinski definition) is 6. The van der Waals surface area contributed by atoms with Gasteiger partial charge >= 0.3 is 11.9 Å². The molecule has 0 radical (unpaired) electrons. The van der Waals surface area contributed by atoms with Gasteiger partial charge in [-0.15, -0.1) is 11.8 Å². The van der Waals surface area contributed by atoms with Gasteiger partial charge in [-0.3, -0.25) is 0 Å². The molecular formula is C33H31FN2O4S. The fourth-order valence-electron chi connectivity index (χ4n) is 3.53. The van der Waals surface area contributed by atoms with Crippen molar-refractivity contribution in [3.63, 3.8) is 0 Å². The third-order valence-electron chi connectivity index (χ3n) is 5.83. The summed E-state index contributed by atoms with van der Waals surface area (Å²) in [5.41, 5.74) is 2.36. The van der Waals surface area contributed by atoms with Crippen LogP contribution in [0.2, 0.25) is 0 Å². The van der Waals surface area contributed by atoms with E-state index in [1.54, 1.807) is 23.7 Å². The van der Waals surface area contributed by atoms with Gasteiger partial charge in [-0.05, 0) is 60.6 Å². The average Bonchev–Trinajstić information content (AvgIpc) is 3.29. The molecule has 0 fully saturated rings. The van der Waals surface area contributed by atoms with Gasteiger partial charge in [-0.2, -0.15) is 0 Å². The summed E-state index contributed by atoms with van der Waals surface area (Å²) < 4.78 is 26.7. The summed E-state index contributed by atoms with van der Waals surface area (Å²) in [4.78, 5) is 28.7. The summed E-state index contributed by atoms with van der Waals surface area (Å²) in [6, 6.07) is 12.7. The Morgan fingerprint density at radius 3 is 2.27 bits per heavy atom. The van der Waals surface area contributed by atoms with Gasteiger partial charge in [0.15, 0.2) is 5.82 Å². The van der Waals surface area contributed by atoms with E-state index in [-0.39, 0.29) is 24.6 Å². The summed E-state index contributed by atoms with van der Waals surface area (Å²) in [5.74, 6) is 11.3. The van der Waals surface area contributed by atoms with Crippen LogP contribution in [-0.4, -0.2) is 27.2 Å². The van der Waals surface area contributed by atoms with Crippen LogP contribution < -0.4 is 0 Å². The first-order valence-corrected chi connectivity index (χ1v) is 14.0. The average molecular weight is 571 g/mol. The molecule has 0 aliphatic carbocycles. The Morgan fingerprint density at radius 1 is 0.951 bits per heavy atom. The van der Waals surface area contributed by atoms with Crippen molar-refractivity contribution in [1.29, 1.82) is 0 Å². The van der Waals surface area contributed by atoms with E-state index in [9.17, 15) is 14.0 Å². The molecule has 0 atom stereocenters. The first kappa shape index (κ1) is 31.0. The minimum atomic E-state index is -0.628. The lowest BCUT2D eigenvalue weighted by Crippen LogP contribution is -2.09. The van der Waals surface area contributed by atoms with E-state index in [1.807, 2.05) is 23.9 Å². The maximum absolute atomic E-state index is 14.9. The van der Waals surface area contributed by atoms with Gasteiger partial charge in [-0.25, -0.2) is 19.0 Å². The Balaban J connectivity index is 1.74. The molecule has 1 heterocycles. The van der Waals surface area contributed by atoms with Crippen LogP contribution in [0.3, 0.4) is 0 Å². The van der Waals surface area contributed by atoms with Crippen molar-refractivity contribution in [2.24, 2.45) is 7.05 Å². The van der Waals surface area contributed by atoms with Crippen LogP contribution in [0, 0.1) is 29.5 Å². The zero-order valence-corrected chi connectivity index (χ0v) is 24.0. The minimum absolute atomic E-state index is 0.140. The molecule has 0 aliphatic rings. The summed E-state index contributed by atoms with van der Waals surface area (Å²) in [7, 11) is 1.67. The smallest absolute Gasteiger partial charge is 0.330 e. The number of benzene rings is 2. The molecule has 210 valence electrons. The van der Waals surface area contributed by atoms with E-state index in [1.165, 1.54) is 30.2 Å². The number of unbranched alkanes of at least 4 members (excludes halogenated alkanes) is 2. The third kappa shape index (κ3) is 9.56. The van der Waals surface area contributed by atoms with Gasteiger partial charge in [0, 0.05) is 35.2 Å². The molecule has 0 unspecified atom stereocenters. The Labute approximate surface area is 244 Å². The van der Waals surface area contributed by atoms with Crippen LogP contribution in [0.1, 0.15) is 60.1 Å². The highest BCUT2D eigenvalue weighted by Gasteiger charge is 2.16. The van der Waals surface area contributed by atoms with Gasteiger partial charge in [0.25, 0.3) is 0 Å². The molecule has 2 aromatic carbocycles. The van der Waals surface area contributed by atoms with E-state index < -0.39 is 17.8 Å². The SMILES string of the molecule is C=CC(=O)OCc1nc(C#Cc2ccc(C#Cc3ccc(SCCCCC)cc3)cc2F)n(C)c1COC(=O)C=C. The molecule has 0 amide bonds. The molecule has 1 aromatic heterocycles. The molecule has 0 saturated heterocycles. The Morgan fingerprint density at radius 2 is 1.61 bits per heavy atom. The maximum atomic E-state index is 14.9. The maximum Gasteiger partial charge on any atom is 0.330 e. The van der Waals surface area contributed by atoms with Crippen molar-refractivity contribution in [2.45, 2.75) is 44.3 Å². The van der Waals surface area contributed by atoms with Crippen LogP contribution in [0.5, 0.6) is 0 Å². The van der Waals surface area contributed by atoms with Crippen molar-refractivity contribution >= 4 is 23.7 Å². The van der Waals surface area contributed by atoms with Crippen LogP contribution in [0.25, 0.3) is 0 Å². The number of halogens is 1.